The monoisotopic (exact) mass is 401 g/mol. The van der Waals surface area contributed by atoms with Gasteiger partial charge in [0.05, 0.1) is 4.47 Å². The highest BCUT2D eigenvalue weighted by Crippen LogP contribution is 2.25. The second-order valence-electron chi connectivity index (χ2n) is 7.21. The Morgan fingerprint density at radius 1 is 1.33 bits per heavy atom. The van der Waals surface area contributed by atoms with Crippen molar-refractivity contribution in [2.45, 2.75) is 58.1 Å². The third-order valence-corrected chi connectivity index (χ3v) is 4.53. The van der Waals surface area contributed by atoms with Crippen LogP contribution < -0.4 is 10.6 Å². The molecule has 5 nitrogen and oxygen atoms in total. The van der Waals surface area contributed by atoms with Gasteiger partial charge in [-0.1, -0.05) is 0 Å². The molecule has 2 rings (SSSR count). The van der Waals surface area contributed by atoms with Crippen molar-refractivity contribution in [1.29, 1.82) is 0 Å². The molecule has 0 bridgehead atoms. The molecule has 0 aromatic carbocycles. The molecule has 0 atom stereocenters. The molecule has 24 heavy (non-hydrogen) atoms. The van der Waals surface area contributed by atoms with Gasteiger partial charge in [-0.25, -0.2) is 9.78 Å². The summed E-state index contributed by atoms with van der Waals surface area (Å²) in [5.74, 6) is 0.533. The van der Waals surface area contributed by atoms with Crippen LogP contribution in [0.15, 0.2) is 16.6 Å². The molecule has 0 unspecified atom stereocenters. The number of aromatic nitrogens is 1. The van der Waals surface area contributed by atoms with Gasteiger partial charge in [-0.3, -0.25) is 0 Å². The van der Waals surface area contributed by atoms with E-state index in [-0.39, 0.29) is 12.1 Å². The molecule has 1 saturated carbocycles. The van der Waals surface area contributed by atoms with E-state index in [1.807, 2.05) is 20.8 Å². The molecule has 1 heterocycles. The fourth-order valence-electron chi connectivity index (χ4n) is 2.75. The van der Waals surface area contributed by atoms with E-state index in [1.165, 1.54) is 0 Å². The number of carbonyl (C=O) groups excluding carboxylic acids is 1. The van der Waals surface area contributed by atoms with E-state index in [4.69, 9.17) is 4.74 Å². The maximum Gasteiger partial charge on any atom is 0.407 e. The van der Waals surface area contributed by atoms with Crippen LogP contribution in [0.1, 0.15) is 46.5 Å². The Morgan fingerprint density at radius 3 is 2.58 bits per heavy atom. The van der Waals surface area contributed by atoms with Crippen LogP contribution in [0, 0.1) is 11.9 Å². The lowest BCUT2D eigenvalue weighted by atomic mass is 9.86. The summed E-state index contributed by atoms with van der Waals surface area (Å²) >= 11 is 3.09. The van der Waals surface area contributed by atoms with Crippen LogP contribution in [-0.2, 0) is 4.74 Å². The van der Waals surface area contributed by atoms with E-state index in [0.29, 0.717) is 16.2 Å². The Bertz CT molecular complexity index is 569. The molecule has 134 valence electrons. The van der Waals surface area contributed by atoms with Crippen molar-refractivity contribution in [3.05, 3.63) is 22.6 Å². The minimum absolute atomic E-state index is 0.166. The SMILES string of the molecule is CC(C)(C)OC(=O)N[C@H]1CC[C@H](CNc2ccc(Br)c(F)n2)CC1. The van der Waals surface area contributed by atoms with Gasteiger partial charge in [0, 0.05) is 12.6 Å². The lowest BCUT2D eigenvalue weighted by Crippen LogP contribution is -2.41. The molecular formula is C17H25BrFN3O2. The molecule has 1 aliphatic carbocycles. The molecule has 1 aromatic heterocycles. The average Bonchev–Trinajstić information content (AvgIpc) is 2.48. The summed E-state index contributed by atoms with van der Waals surface area (Å²) < 4.78 is 19.0. The van der Waals surface area contributed by atoms with Gasteiger partial charge < -0.3 is 15.4 Å². The third-order valence-electron chi connectivity index (χ3n) is 3.94. The van der Waals surface area contributed by atoms with Gasteiger partial charge in [0.1, 0.15) is 11.4 Å². The van der Waals surface area contributed by atoms with Gasteiger partial charge in [0.15, 0.2) is 0 Å². The predicted octanol–water partition coefficient (Wildman–Crippen LogP) is 4.48. The largest absolute Gasteiger partial charge is 0.444 e. The van der Waals surface area contributed by atoms with Gasteiger partial charge in [-0.2, -0.15) is 4.39 Å². The molecule has 0 saturated heterocycles. The van der Waals surface area contributed by atoms with Crippen LogP contribution in [0.2, 0.25) is 0 Å². The number of nitrogens with zero attached hydrogens (tertiary/aromatic N) is 1. The maximum atomic E-state index is 13.4. The fraction of sp³-hybridized carbons (Fsp3) is 0.647. The number of hydrogen-bond acceptors (Lipinski definition) is 4. The first-order chi connectivity index (χ1) is 11.2. The zero-order valence-electron chi connectivity index (χ0n) is 14.4. The van der Waals surface area contributed by atoms with Crippen LogP contribution in [0.25, 0.3) is 0 Å². The number of ether oxygens (including phenoxy) is 1. The van der Waals surface area contributed by atoms with Gasteiger partial charge in [0.25, 0.3) is 0 Å². The predicted molar refractivity (Wildman–Crippen MR) is 95.5 cm³/mol. The van der Waals surface area contributed by atoms with Crippen molar-refractivity contribution in [3.8, 4) is 0 Å². The fourth-order valence-corrected chi connectivity index (χ4v) is 2.97. The number of hydrogen-bond donors (Lipinski definition) is 2. The third kappa shape index (κ3) is 6.26. The highest BCUT2D eigenvalue weighted by Gasteiger charge is 2.24. The molecule has 1 aromatic rings. The van der Waals surface area contributed by atoms with E-state index in [0.717, 1.165) is 32.2 Å². The van der Waals surface area contributed by atoms with E-state index in [2.05, 4.69) is 31.5 Å². The van der Waals surface area contributed by atoms with E-state index in [1.54, 1.807) is 12.1 Å². The summed E-state index contributed by atoms with van der Waals surface area (Å²) in [6.07, 6.45) is 3.51. The molecule has 1 fully saturated rings. The number of amides is 1. The van der Waals surface area contributed by atoms with Crippen molar-refractivity contribution in [2.24, 2.45) is 5.92 Å². The summed E-state index contributed by atoms with van der Waals surface area (Å²) in [5, 5.41) is 6.12. The highest BCUT2D eigenvalue weighted by atomic mass is 79.9. The number of anilines is 1. The van der Waals surface area contributed by atoms with Gasteiger partial charge in [-0.15, -0.1) is 0 Å². The topological polar surface area (TPSA) is 63.2 Å². The number of halogens is 2. The number of pyridine rings is 1. The maximum absolute atomic E-state index is 13.4. The van der Waals surface area contributed by atoms with Gasteiger partial charge in [0.2, 0.25) is 5.95 Å². The van der Waals surface area contributed by atoms with E-state index >= 15 is 0 Å². The van der Waals surface area contributed by atoms with E-state index in [9.17, 15) is 9.18 Å². The highest BCUT2D eigenvalue weighted by molar-refractivity contribution is 9.10. The summed E-state index contributed by atoms with van der Waals surface area (Å²) in [7, 11) is 0. The number of carbonyl (C=O) groups is 1. The second kappa shape index (κ2) is 8.14. The second-order valence-corrected chi connectivity index (χ2v) is 8.07. The number of nitrogens with one attached hydrogen (secondary N) is 2. The lowest BCUT2D eigenvalue weighted by Gasteiger charge is -2.30. The zero-order valence-corrected chi connectivity index (χ0v) is 16.0. The summed E-state index contributed by atoms with van der Waals surface area (Å²) in [6, 6.07) is 3.56. The standard InChI is InChI=1S/C17H25BrFN3O2/c1-17(2,3)24-16(23)21-12-6-4-11(5-7-12)10-20-14-9-8-13(18)15(19)22-14/h8-9,11-12H,4-7,10H2,1-3H3,(H,20,22)(H,21,23)/t11-,12-. The van der Waals surface area contributed by atoms with Crippen molar-refractivity contribution < 1.29 is 13.9 Å². The Labute approximate surface area is 150 Å². The summed E-state index contributed by atoms with van der Waals surface area (Å²) in [6.45, 7) is 6.32. The first-order valence-corrected chi connectivity index (χ1v) is 9.07. The molecule has 2 N–H and O–H groups in total. The molecule has 0 radical (unpaired) electrons. The Kier molecular flexibility index (Phi) is 6.43. The van der Waals surface area contributed by atoms with E-state index < -0.39 is 11.5 Å². The molecule has 0 aliphatic heterocycles. The first kappa shape index (κ1) is 19.0. The Morgan fingerprint density at radius 2 is 2.00 bits per heavy atom. The van der Waals surface area contributed by atoms with Crippen LogP contribution in [0.4, 0.5) is 15.0 Å². The molecular weight excluding hydrogens is 377 g/mol. The van der Waals surface area contributed by atoms with Crippen LogP contribution in [0.5, 0.6) is 0 Å². The Hall–Kier alpha value is -1.37. The van der Waals surface area contributed by atoms with Crippen LogP contribution in [0.3, 0.4) is 0 Å². The van der Waals surface area contributed by atoms with Crippen LogP contribution >= 0.6 is 15.9 Å². The smallest absolute Gasteiger partial charge is 0.407 e. The normalized spacial score (nSPS) is 21.2. The van der Waals surface area contributed by atoms with Gasteiger partial charge in [-0.05, 0) is 80.4 Å². The van der Waals surface area contributed by atoms with Gasteiger partial charge >= 0.3 is 6.09 Å². The minimum atomic E-state index is -0.509. The molecule has 0 spiro atoms. The average molecular weight is 402 g/mol. The number of rotatable bonds is 4. The lowest BCUT2D eigenvalue weighted by molar-refractivity contribution is 0.0488. The van der Waals surface area contributed by atoms with Crippen molar-refractivity contribution in [1.82, 2.24) is 10.3 Å². The molecule has 1 aliphatic rings. The van der Waals surface area contributed by atoms with Crippen molar-refractivity contribution >= 4 is 27.8 Å². The first-order valence-electron chi connectivity index (χ1n) is 8.28. The minimum Gasteiger partial charge on any atom is -0.444 e. The zero-order chi connectivity index (χ0) is 17.7. The van der Waals surface area contributed by atoms with Crippen molar-refractivity contribution in [3.63, 3.8) is 0 Å². The number of alkyl carbamates (subject to hydrolysis) is 1. The summed E-state index contributed by atoms with van der Waals surface area (Å²) in [4.78, 5) is 15.6. The quantitative estimate of drug-likeness (QED) is 0.729. The molecule has 7 heteroatoms. The van der Waals surface area contributed by atoms with Crippen molar-refractivity contribution in [2.75, 3.05) is 11.9 Å². The molecule has 1 amide bonds. The van der Waals surface area contributed by atoms with Crippen LogP contribution in [-0.4, -0.2) is 29.3 Å². The summed E-state index contributed by atoms with van der Waals surface area (Å²) in [5.41, 5.74) is -0.474. The Balaban J connectivity index is 1.71.